The SMILES string of the molecule is CN1CCN(c2c(F)cc3c(=O)c(C(=O)O)cn(C(Cc4ccccc4)C(=O)O)c3c2F)CC1. The summed E-state index contributed by atoms with van der Waals surface area (Å²) < 4.78 is 32.0. The molecule has 1 aliphatic rings. The van der Waals surface area contributed by atoms with E-state index in [-0.39, 0.29) is 12.1 Å². The lowest BCUT2D eigenvalue weighted by atomic mass is 10.0. The summed E-state index contributed by atoms with van der Waals surface area (Å²) in [4.78, 5) is 40.3. The maximum absolute atomic E-state index is 16.0. The fourth-order valence-corrected chi connectivity index (χ4v) is 4.29. The molecule has 34 heavy (non-hydrogen) atoms. The third kappa shape index (κ3) is 4.24. The fourth-order valence-electron chi connectivity index (χ4n) is 4.29. The lowest BCUT2D eigenvalue weighted by molar-refractivity contribution is -0.140. The second kappa shape index (κ2) is 9.22. The Bertz CT molecular complexity index is 1320. The summed E-state index contributed by atoms with van der Waals surface area (Å²) in [6.45, 7) is 1.79. The molecule has 0 spiro atoms. The first-order chi connectivity index (χ1) is 16.2. The highest BCUT2D eigenvalue weighted by atomic mass is 19.1. The van der Waals surface area contributed by atoms with E-state index in [1.807, 2.05) is 11.9 Å². The Hall–Kier alpha value is -3.79. The molecule has 1 fully saturated rings. The van der Waals surface area contributed by atoms with Crippen LogP contribution in [0, 0.1) is 11.6 Å². The van der Waals surface area contributed by atoms with Crippen molar-refractivity contribution in [3.63, 3.8) is 0 Å². The summed E-state index contributed by atoms with van der Waals surface area (Å²) in [5, 5.41) is 19.0. The Morgan fingerprint density at radius 1 is 1.06 bits per heavy atom. The van der Waals surface area contributed by atoms with Gasteiger partial charge in [-0.3, -0.25) is 4.79 Å². The number of likely N-dealkylation sites (N-methyl/N-ethyl adjacent to an activating group) is 1. The molecule has 4 rings (SSSR count). The number of benzene rings is 2. The molecule has 1 saturated heterocycles. The third-order valence-electron chi connectivity index (χ3n) is 6.13. The molecule has 178 valence electrons. The van der Waals surface area contributed by atoms with Crippen molar-refractivity contribution in [2.45, 2.75) is 12.5 Å². The quantitative estimate of drug-likeness (QED) is 0.570. The summed E-state index contributed by atoms with van der Waals surface area (Å²) in [6.07, 6.45) is 0.733. The van der Waals surface area contributed by atoms with Gasteiger partial charge in [-0.15, -0.1) is 0 Å². The van der Waals surface area contributed by atoms with Gasteiger partial charge in [0.25, 0.3) is 0 Å². The molecule has 8 nitrogen and oxygen atoms in total. The van der Waals surface area contributed by atoms with E-state index in [9.17, 15) is 24.6 Å². The molecule has 1 unspecified atom stereocenters. The fraction of sp³-hybridized carbons (Fsp3) is 0.292. The standard InChI is InChI=1S/C24H23F2N3O5/c1-27-7-9-28(10-8-27)21-17(25)12-15-20(19(21)26)29(13-16(22(15)30)23(31)32)18(24(33)34)11-14-5-3-2-4-6-14/h2-6,12-13,18H,7-11H2,1H3,(H,31,32)(H,33,34). The molecule has 3 aromatic rings. The number of fused-ring (bicyclic) bond motifs is 1. The Morgan fingerprint density at radius 2 is 1.71 bits per heavy atom. The molecular formula is C24H23F2N3O5. The first kappa shape index (κ1) is 23.4. The minimum atomic E-state index is -1.62. The number of aliphatic carboxylic acids is 1. The summed E-state index contributed by atoms with van der Waals surface area (Å²) >= 11 is 0. The number of hydrogen-bond donors (Lipinski definition) is 2. The number of carboxylic acid groups (broad SMARTS) is 2. The molecule has 2 N–H and O–H groups in total. The topological polar surface area (TPSA) is 103 Å². The van der Waals surface area contributed by atoms with E-state index in [1.165, 1.54) is 4.90 Å². The number of anilines is 1. The molecule has 0 bridgehead atoms. The molecule has 1 aliphatic heterocycles. The highest BCUT2D eigenvalue weighted by molar-refractivity contribution is 5.94. The number of rotatable bonds is 6. The van der Waals surface area contributed by atoms with Gasteiger partial charge in [0.1, 0.15) is 23.1 Å². The normalized spacial score (nSPS) is 15.4. The molecule has 10 heteroatoms. The zero-order valence-electron chi connectivity index (χ0n) is 18.4. The monoisotopic (exact) mass is 471 g/mol. The number of carbonyl (C=O) groups is 2. The van der Waals surface area contributed by atoms with Crippen LogP contribution in [0.15, 0.2) is 47.4 Å². The van der Waals surface area contributed by atoms with Gasteiger partial charge in [-0.1, -0.05) is 30.3 Å². The predicted molar refractivity (Wildman–Crippen MR) is 122 cm³/mol. The van der Waals surface area contributed by atoms with Gasteiger partial charge in [0.2, 0.25) is 5.43 Å². The van der Waals surface area contributed by atoms with Gasteiger partial charge in [-0.25, -0.2) is 18.4 Å². The number of carboxylic acids is 2. The van der Waals surface area contributed by atoms with Crippen molar-refractivity contribution in [3.05, 3.63) is 75.6 Å². The van der Waals surface area contributed by atoms with E-state index >= 15 is 8.78 Å². The van der Waals surface area contributed by atoms with Crippen LogP contribution in [0.1, 0.15) is 22.0 Å². The predicted octanol–water partition coefficient (Wildman–Crippen LogP) is 2.60. The second-order valence-electron chi connectivity index (χ2n) is 8.34. The number of piperazine rings is 1. The Labute approximate surface area is 193 Å². The van der Waals surface area contributed by atoms with Gasteiger partial charge in [-0.05, 0) is 18.7 Å². The highest BCUT2D eigenvalue weighted by Crippen LogP contribution is 2.32. The number of nitrogens with zero attached hydrogens (tertiary/aromatic N) is 3. The average Bonchev–Trinajstić information content (AvgIpc) is 2.80. The van der Waals surface area contributed by atoms with Crippen LogP contribution in [0.25, 0.3) is 10.9 Å². The van der Waals surface area contributed by atoms with Crippen molar-refractivity contribution >= 4 is 28.5 Å². The number of aromatic carboxylic acids is 1. The van der Waals surface area contributed by atoms with Crippen LogP contribution in [-0.2, 0) is 11.2 Å². The summed E-state index contributed by atoms with van der Waals surface area (Å²) in [6, 6.07) is 7.91. The van der Waals surface area contributed by atoms with Gasteiger partial charge in [0.15, 0.2) is 5.82 Å². The van der Waals surface area contributed by atoms with Gasteiger partial charge in [0.05, 0.1) is 10.9 Å². The van der Waals surface area contributed by atoms with Crippen LogP contribution in [0.5, 0.6) is 0 Å². The Balaban J connectivity index is 1.99. The lowest BCUT2D eigenvalue weighted by Crippen LogP contribution is -2.45. The Morgan fingerprint density at radius 3 is 2.29 bits per heavy atom. The Kier molecular flexibility index (Phi) is 6.34. The van der Waals surface area contributed by atoms with E-state index in [1.54, 1.807) is 30.3 Å². The zero-order chi connectivity index (χ0) is 24.6. The summed E-state index contributed by atoms with van der Waals surface area (Å²) in [5.41, 5.74) is -2.03. The first-order valence-electron chi connectivity index (χ1n) is 10.7. The van der Waals surface area contributed by atoms with Crippen molar-refractivity contribution < 1.29 is 28.6 Å². The largest absolute Gasteiger partial charge is 0.480 e. The van der Waals surface area contributed by atoms with Crippen LogP contribution >= 0.6 is 0 Å². The van der Waals surface area contributed by atoms with Crippen molar-refractivity contribution in [1.29, 1.82) is 0 Å². The van der Waals surface area contributed by atoms with Gasteiger partial charge in [-0.2, -0.15) is 0 Å². The van der Waals surface area contributed by atoms with Crippen molar-refractivity contribution in [3.8, 4) is 0 Å². The van der Waals surface area contributed by atoms with E-state index in [4.69, 9.17) is 0 Å². The van der Waals surface area contributed by atoms with E-state index in [0.717, 1.165) is 16.8 Å². The van der Waals surface area contributed by atoms with E-state index in [0.29, 0.717) is 31.7 Å². The van der Waals surface area contributed by atoms with Gasteiger partial charge >= 0.3 is 11.9 Å². The van der Waals surface area contributed by atoms with Crippen LogP contribution in [0.4, 0.5) is 14.5 Å². The molecule has 2 heterocycles. The summed E-state index contributed by atoms with van der Waals surface area (Å²) in [5.74, 6) is -5.06. The maximum atomic E-state index is 16.0. The van der Waals surface area contributed by atoms with Crippen molar-refractivity contribution in [2.75, 3.05) is 38.1 Å². The molecule has 2 aromatic carbocycles. The minimum Gasteiger partial charge on any atom is -0.480 e. The maximum Gasteiger partial charge on any atom is 0.341 e. The van der Waals surface area contributed by atoms with Crippen LogP contribution in [-0.4, -0.2) is 64.8 Å². The van der Waals surface area contributed by atoms with Crippen molar-refractivity contribution in [1.82, 2.24) is 9.47 Å². The summed E-state index contributed by atoms with van der Waals surface area (Å²) in [7, 11) is 1.89. The molecule has 0 aliphatic carbocycles. The smallest absolute Gasteiger partial charge is 0.341 e. The average molecular weight is 471 g/mol. The van der Waals surface area contributed by atoms with Gasteiger partial charge in [0, 0.05) is 38.8 Å². The van der Waals surface area contributed by atoms with Crippen molar-refractivity contribution in [2.24, 2.45) is 0 Å². The number of aromatic nitrogens is 1. The zero-order valence-corrected chi connectivity index (χ0v) is 18.4. The minimum absolute atomic E-state index is 0.103. The molecule has 1 atom stereocenters. The van der Waals surface area contributed by atoms with E-state index in [2.05, 4.69) is 0 Å². The second-order valence-corrected chi connectivity index (χ2v) is 8.34. The molecule has 0 radical (unpaired) electrons. The molecule has 0 saturated carbocycles. The van der Waals surface area contributed by atoms with Crippen LogP contribution < -0.4 is 10.3 Å². The molecular weight excluding hydrogens is 448 g/mol. The molecule has 1 aromatic heterocycles. The third-order valence-corrected chi connectivity index (χ3v) is 6.13. The van der Waals surface area contributed by atoms with Gasteiger partial charge < -0.3 is 24.6 Å². The molecule has 0 amide bonds. The van der Waals surface area contributed by atoms with Crippen LogP contribution in [0.2, 0.25) is 0 Å². The lowest BCUT2D eigenvalue weighted by Gasteiger charge is -2.34. The number of hydrogen-bond acceptors (Lipinski definition) is 5. The number of pyridine rings is 1. The van der Waals surface area contributed by atoms with E-state index < -0.39 is 51.5 Å². The van der Waals surface area contributed by atoms with Crippen LogP contribution in [0.3, 0.4) is 0 Å². The highest BCUT2D eigenvalue weighted by Gasteiger charge is 2.30. The first-order valence-corrected chi connectivity index (χ1v) is 10.7. The number of halogens is 2.